The third kappa shape index (κ3) is 2.60. The first-order valence-electron chi connectivity index (χ1n) is 4.98. The van der Waals surface area contributed by atoms with Crippen molar-refractivity contribution in [3.8, 4) is 17.1 Å². The standard InChI is InChI=1S/C12H8Cl2N2O2/c1-18-8-4-2-3-7(5-8)12-15-6-9(11(14)17)10(13)16-12/h2-6H,1H3. The summed E-state index contributed by atoms with van der Waals surface area (Å²) in [5.74, 6) is 1.09. The van der Waals surface area contributed by atoms with Crippen molar-refractivity contribution in [2.45, 2.75) is 0 Å². The predicted octanol–water partition coefficient (Wildman–Crippen LogP) is 3.18. The first kappa shape index (κ1) is 12.8. The maximum atomic E-state index is 11.0. The van der Waals surface area contributed by atoms with Crippen molar-refractivity contribution >= 4 is 28.4 Å². The van der Waals surface area contributed by atoms with Crippen LogP contribution in [0.5, 0.6) is 5.75 Å². The van der Waals surface area contributed by atoms with Crippen molar-refractivity contribution in [2.24, 2.45) is 0 Å². The molecule has 1 aromatic heterocycles. The van der Waals surface area contributed by atoms with Crippen LogP contribution in [0.4, 0.5) is 0 Å². The highest BCUT2D eigenvalue weighted by Crippen LogP contribution is 2.23. The smallest absolute Gasteiger partial charge is 0.257 e. The van der Waals surface area contributed by atoms with Gasteiger partial charge in [0.05, 0.1) is 12.7 Å². The zero-order valence-electron chi connectivity index (χ0n) is 9.35. The molecule has 0 bridgehead atoms. The number of rotatable bonds is 3. The summed E-state index contributed by atoms with van der Waals surface area (Å²) in [6, 6.07) is 7.21. The number of carbonyl (C=O) groups is 1. The van der Waals surface area contributed by atoms with Crippen LogP contribution in [0.3, 0.4) is 0 Å². The Hall–Kier alpha value is -1.65. The Bertz CT molecular complexity index is 602. The van der Waals surface area contributed by atoms with Crippen molar-refractivity contribution in [3.63, 3.8) is 0 Å². The molecular weight excluding hydrogens is 275 g/mol. The van der Waals surface area contributed by atoms with Crippen molar-refractivity contribution in [3.05, 3.63) is 41.2 Å². The van der Waals surface area contributed by atoms with Gasteiger partial charge in [-0.2, -0.15) is 0 Å². The van der Waals surface area contributed by atoms with E-state index in [0.717, 1.165) is 5.56 Å². The molecule has 18 heavy (non-hydrogen) atoms. The van der Waals surface area contributed by atoms with Gasteiger partial charge in [-0.3, -0.25) is 4.79 Å². The van der Waals surface area contributed by atoms with Crippen molar-refractivity contribution in [2.75, 3.05) is 7.11 Å². The Labute approximate surface area is 114 Å². The molecule has 92 valence electrons. The molecule has 0 unspecified atom stereocenters. The first-order valence-corrected chi connectivity index (χ1v) is 5.74. The molecule has 0 N–H and O–H groups in total. The lowest BCUT2D eigenvalue weighted by molar-refractivity contribution is 0.108. The minimum atomic E-state index is -0.683. The number of nitrogens with zero attached hydrogens (tertiary/aromatic N) is 2. The van der Waals surface area contributed by atoms with Gasteiger partial charge < -0.3 is 4.74 Å². The molecule has 2 aromatic rings. The molecule has 4 nitrogen and oxygen atoms in total. The molecule has 1 heterocycles. The van der Waals surface area contributed by atoms with Crippen LogP contribution in [0.15, 0.2) is 30.5 Å². The average Bonchev–Trinajstić information content (AvgIpc) is 2.38. The Morgan fingerprint density at radius 1 is 1.39 bits per heavy atom. The Morgan fingerprint density at radius 3 is 2.78 bits per heavy atom. The lowest BCUT2D eigenvalue weighted by atomic mass is 10.2. The van der Waals surface area contributed by atoms with E-state index in [9.17, 15) is 4.79 Å². The van der Waals surface area contributed by atoms with E-state index in [1.807, 2.05) is 18.2 Å². The number of aromatic nitrogens is 2. The van der Waals surface area contributed by atoms with Crippen LogP contribution in [0.1, 0.15) is 10.4 Å². The van der Waals surface area contributed by atoms with E-state index < -0.39 is 5.24 Å². The second-order valence-corrected chi connectivity index (χ2v) is 4.11. The number of hydrogen-bond acceptors (Lipinski definition) is 4. The van der Waals surface area contributed by atoms with Crippen LogP contribution < -0.4 is 4.74 Å². The monoisotopic (exact) mass is 282 g/mol. The third-order valence-corrected chi connectivity index (χ3v) is 2.77. The normalized spacial score (nSPS) is 10.2. The summed E-state index contributed by atoms with van der Waals surface area (Å²) in [6.07, 6.45) is 1.31. The van der Waals surface area contributed by atoms with E-state index in [1.165, 1.54) is 6.20 Å². The molecule has 6 heteroatoms. The quantitative estimate of drug-likeness (QED) is 0.641. The van der Waals surface area contributed by atoms with Gasteiger partial charge in [0.1, 0.15) is 10.9 Å². The van der Waals surface area contributed by atoms with Gasteiger partial charge in [-0.1, -0.05) is 23.7 Å². The maximum Gasteiger partial charge on any atom is 0.257 e. The minimum Gasteiger partial charge on any atom is -0.497 e. The van der Waals surface area contributed by atoms with Crippen molar-refractivity contribution in [1.82, 2.24) is 9.97 Å². The van der Waals surface area contributed by atoms with E-state index in [0.29, 0.717) is 11.6 Å². The molecular formula is C12H8Cl2N2O2. The summed E-state index contributed by atoms with van der Waals surface area (Å²) >= 11 is 11.2. The molecule has 0 saturated carbocycles. The maximum absolute atomic E-state index is 11.0. The first-order chi connectivity index (χ1) is 8.61. The van der Waals surface area contributed by atoms with Gasteiger partial charge >= 0.3 is 0 Å². The highest BCUT2D eigenvalue weighted by Gasteiger charge is 2.12. The summed E-state index contributed by atoms with van der Waals surface area (Å²) in [5, 5.41) is -0.653. The summed E-state index contributed by atoms with van der Waals surface area (Å²) in [5.41, 5.74) is 0.829. The number of methoxy groups -OCH3 is 1. The fraction of sp³-hybridized carbons (Fsp3) is 0.0833. The average molecular weight is 283 g/mol. The number of hydrogen-bond donors (Lipinski definition) is 0. The topological polar surface area (TPSA) is 52.1 Å². The van der Waals surface area contributed by atoms with E-state index in [1.54, 1.807) is 13.2 Å². The van der Waals surface area contributed by atoms with Crippen molar-refractivity contribution < 1.29 is 9.53 Å². The van der Waals surface area contributed by atoms with Crippen LogP contribution >= 0.6 is 23.2 Å². The molecule has 0 fully saturated rings. The van der Waals surface area contributed by atoms with Gasteiger partial charge in [0, 0.05) is 11.8 Å². The zero-order valence-corrected chi connectivity index (χ0v) is 10.9. The second kappa shape index (κ2) is 5.33. The number of benzene rings is 1. The predicted molar refractivity (Wildman–Crippen MR) is 69.2 cm³/mol. The molecule has 0 amide bonds. The van der Waals surface area contributed by atoms with E-state index in [4.69, 9.17) is 27.9 Å². The third-order valence-electron chi connectivity index (χ3n) is 2.28. The molecule has 0 saturated heterocycles. The van der Waals surface area contributed by atoms with Gasteiger partial charge in [0.25, 0.3) is 5.24 Å². The van der Waals surface area contributed by atoms with Gasteiger partial charge in [0.15, 0.2) is 5.82 Å². The van der Waals surface area contributed by atoms with Crippen LogP contribution in [0.2, 0.25) is 5.15 Å². The minimum absolute atomic E-state index is 0.0304. The Balaban J connectivity index is 2.45. The molecule has 2 rings (SSSR count). The lowest BCUT2D eigenvalue weighted by Crippen LogP contribution is -1.97. The SMILES string of the molecule is COc1cccc(-c2ncc(C(=O)Cl)c(Cl)n2)c1. The molecule has 0 aliphatic rings. The van der Waals surface area contributed by atoms with Crippen LogP contribution in [-0.4, -0.2) is 22.3 Å². The van der Waals surface area contributed by atoms with Crippen LogP contribution in [0, 0.1) is 0 Å². The number of halogens is 2. The molecule has 0 aliphatic carbocycles. The number of ether oxygens (including phenoxy) is 1. The van der Waals surface area contributed by atoms with Gasteiger partial charge in [0.2, 0.25) is 0 Å². The summed E-state index contributed by atoms with van der Waals surface area (Å²) in [4.78, 5) is 19.1. The largest absolute Gasteiger partial charge is 0.497 e. The fourth-order valence-corrected chi connectivity index (χ4v) is 1.80. The molecule has 0 atom stereocenters. The van der Waals surface area contributed by atoms with Crippen LogP contribution in [0.25, 0.3) is 11.4 Å². The highest BCUT2D eigenvalue weighted by atomic mass is 35.5. The Kier molecular flexibility index (Phi) is 3.79. The van der Waals surface area contributed by atoms with E-state index in [-0.39, 0.29) is 10.7 Å². The molecule has 1 aromatic carbocycles. The summed E-state index contributed by atoms with van der Waals surface area (Å²) in [7, 11) is 1.57. The van der Waals surface area contributed by atoms with Gasteiger partial charge in [-0.05, 0) is 23.7 Å². The molecule has 0 radical (unpaired) electrons. The Morgan fingerprint density at radius 2 is 2.17 bits per heavy atom. The van der Waals surface area contributed by atoms with E-state index >= 15 is 0 Å². The lowest BCUT2D eigenvalue weighted by Gasteiger charge is -2.04. The fourth-order valence-electron chi connectivity index (χ4n) is 1.39. The molecule has 0 spiro atoms. The van der Waals surface area contributed by atoms with Gasteiger partial charge in [-0.25, -0.2) is 9.97 Å². The van der Waals surface area contributed by atoms with Crippen LogP contribution in [-0.2, 0) is 0 Å². The highest BCUT2D eigenvalue weighted by molar-refractivity contribution is 6.68. The van der Waals surface area contributed by atoms with Crippen molar-refractivity contribution in [1.29, 1.82) is 0 Å². The van der Waals surface area contributed by atoms with E-state index in [2.05, 4.69) is 9.97 Å². The molecule has 0 aliphatic heterocycles. The summed E-state index contributed by atoms with van der Waals surface area (Å²) in [6.45, 7) is 0. The zero-order chi connectivity index (χ0) is 13.1. The number of carbonyl (C=O) groups excluding carboxylic acids is 1. The second-order valence-electron chi connectivity index (χ2n) is 3.40. The summed E-state index contributed by atoms with van der Waals surface area (Å²) < 4.78 is 5.10. The van der Waals surface area contributed by atoms with Gasteiger partial charge in [-0.15, -0.1) is 0 Å².